The minimum absolute atomic E-state index is 0.201. The largest absolute Gasteiger partial charge is 0.481 e. The van der Waals surface area contributed by atoms with E-state index >= 15 is 0 Å². The molecular weight excluding hydrogens is 288 g/mol. The number of carboxylic acids is 1. The van der Waals surface area contributed by atoms with Gasteiger partial charge in [-0.05, 0) is 12.8 Å². The number of nitrogens with zero attached hydrogens (tertiary/aromatic N) is 2. The standard InChI is InChI=1S/C19H34N2O2/c1-3-5-7-8-9-10-11-12-18-20(14-6-4-2)16-17-21(18)15-13-19(22)23/h16-17H,3-15H2,1-2H3/p+1. The number of aromatic nitrogens is 2. The van der Waals surface area contributed by atoms with Crippen LogP contribution in [0.4, 0.5) is 0 Å². The summed E-state index contributed by atoms with van der Waals surface area (Å²) < 4.78 is 4.46. The third kappa shape index (κ3) is 8.19. The molecular formula is C19H35N2O2+. The van der Waals surface area contributed by atoms with Gasteiger partial charge in [-0.15, -0.1) is 0 Å². The summed E-state index contributed by atoms with van der Waals surface area (Å²) in [7, 11) is 0. The van der Waals surface area contributed by atoms with Gasteiger partial charge in [0, 0.05) is 6.42 Å². The Morgan fingerprint density at radius 1 is 1.04 bits per heavy atom. The quantitative estimate of drug-likeness (QED) is 0.409. The summed E-state index contributed by atoms with van der Waals surface area (Å²) in [6.45, 7) is 6.08. The van der Waals surface area contributed by atoms with E-state index in [1.165, 1.54) is 63.6 Å². The summed E-state index contributed by atoms with van der Waals surface area (Å²) in [5.41, 5.74) is 0. The number of aryl methyl sites for hydroxylation is 2. The van der Waals surface area contributed by atoms with Crippen LogP contribution in [0.25, 0.3) is 0 Å². The maximum absolute atomic E-state index is 10.8. The Hall–Kier alpha value is -1.32. The van der Waals surface area contributed by atoms with Gasteiger partial charge >= 0.3 is 5.97 Å². The molecule has 0 saturated heterocycles. The van der Waals surface area contributed by atoms with Crippen LogP contribution < -0.4 is 4.57 Å². The molecule has 0 radical (unpaired) electrons. The molecule has 0 bridgehead atoms. The van der Waals surface area contributed by atoms with Gasteiger partial charge in [0.1, 0.15) is 18.9 Å². The molecule has 1 heterocycles. The molecule has 1 aromatic rings. The monoisotopic (exact) mass is 323 g/mol. The van der Waals surface area contributed by atoms with Gasteiger partial charge in [-0.1, -0.05) is 58.8 Å². The third-order valence-corrected chi connectivity index (χ3v) is 4.41. The van der Waals surface area contributed by atoms with Crippen LogP contribution in [0.3, 0.4) is 0 Å². The molecule has 132 valence electrons. The van der Waals surface area contributed by atoms with Gasteiger partial charge in [0.25, 0.3) is 5.82 Å². The van der Waals surface area contributed by atoms with E-state index in [1.807, 2.05) is 0 Å². The number of hydrogen-bond donors (Lipinski definition) is 1. The number of carbonyl (C=O) groups is 1. The fraction of sp³-hybridized carbons (Fsp3) is 0.789. The summed E-state index contributed by atoms with van der Waals surface area (Å²) >= 11 is 0. The van der Waals surface area contributed by atoms with Crippen molar-refractivity contribution in [3.05, 3.63) is 18.2 Å². The summed E-state index contributed by atoms with van der Waals surface area (Å²) in [6.07, 6.45) is 17.0. The fourth-order valence-corrected chi connectivity index (χ4v) is 2.98. The molecule has 1 aromatic heterocycles. The van der Waals surface area contributed by atoms with Crippen molar-refractivity contribution < 1.29 is 14.5 Å². The normalized spacial score (nSPS) is 11.0. The molecule has 0 aliphatic rings. The summed E-state index contributed by atoms with van der Waals surface area (Å²) in [5, 5.41) is 8.91. The van der Waals surface area contributed by atoms with E-state index in [2.05, 4.69) is 35.4 Å². The highest BCUT2D eigenvalue weighted by atomic mass is 16.4. The van der Waals surface area contributed by atoms with E-state index in [4.69, 9.17) is 5.11 Å². The molecule has 4 heteroatoms. The highest BCUT2D eigenvalue weighted by Gasteiger charge is 2.17. The highest BCUT2D eigenvalue weighted by molar-refractivity contribution is 5.66. The second-order valence-electron chi connectivity index (χ2n) is 6.47. The summed E-state index contributed by atoms with van der Waals surface area (Å²) in [6, 6.07) is 0. The SMILES string of the molecule is CCCCCCCCCc1n(CCC(=O)O)cc[n+]1CCCC. The van der Waals surface area contributed by atoms with Crippen LogP contribution in [-0.2, 0) is 24.3 Å². The lowest BCUT2D eigenvalue weighted by Gasteiger charge is -2.05. The van der Waals surface area contributed by atoms with E-state index < -0.39 is 5.97 Å². The first-order valence-electron chi connectivity index (χ1n) is 9.48. The lowest BCUT2D eigenvalue weighted by molar-refractivity contribution is -0.704. The van der Waals surface area contributed by atoms with Crippen molar-refractivity contribution in [3.63, 3.8) is 0 Å². The van der Waals surface area contributed by atoms with Crippen molar-refractivity contribution in [3.8, 4) is 0 Å². The zero-order chi connectivity index (χ0) is 16.9. The van der Waals surface area contributed by atoms with Crippen LogP contribution in [0.1, 0.15) is 83.9 Å². The Labute approximate surface area is 141 Å². The first-order chi connectivity index (χ1) is 11.2. The molecule has 0 aromatic carbocycles. The van der Waals surface area contributed by atoms with Gasteiger partial charge in [-0.25, -0.2) is 9.13 Å². The zero-order valence-corrected chi connectivity index (χ0v) is 15.1. The molecule has 0 spiro atoms. The second kappa shape index (κ2) is 12.1. The van der Waals surface area contributed by atoms with Crippen molar-refractivity contribution in [2.45, 2.75) is 97.6 Å². The van der Waals surface area contributed by atoms with Crippen molar-refractivity contribution in [2.24, 2.45) is 0 Å². The molecule has 0 aliphatic heterocycles. The lowest BCUT2D eigenvalue weighted by Crippen LogP contribution is -2.37. The van der Waals surface area contributed by atoms with Crippen molar-refractivity contribution in [1.29, 1.82) is 0 Å². The topological polar surface area (TPSA) is 46.1 Å². The van der Waals surface area contributed by atoms with Gasteiger partial charge in [-0.2, -0.15) is 0 Å². The molecule has 0 fully saturated rings. The average molecular weight is 324 g/mol. The molecule has 0 atom stereocenters. The second-order valence-corrected chi connectivity index (χ2v) is 6.47. The van der Waals surface area contributed by atoms with Crippen LogP contribution >= 0.6 is 0 Å². The Balaban J connectivity index is 2.47. The fourth-order valence-electron chi connectivity index (χ4n) is 2.98. The van der Waals surface area contributed by atoms with Crippen molar-refractivity contribution in [1.82, 2.24) is 4.57 Å². The maximum Gasteiger partial charge on any atom is 0.307 e. The predicted octanol–water partition coefficient (Wildman–Crippen LogP) is 4.34. The summed E-state index contributed by atoms with van der Waals surface area (Å²) in [4.78, 5) is 10.8. The first-order valence-corrected chi connectivity index (χ1v) is 9.48. The number of unbranched alkanes of at least 4 members (excludes halogenated alkanes) is 7. The van der Waals surface area contributed by atoms with E-state index in [0.717, 1.165) is 13.0 Å². The van der Waals surface area contributed by atoms with Crippen LogP contribution in [0.5, 0.6) is 0 Å². The van der Waals surface area contributed by atoms with E-state index in [9.17, 15) is 4.79 Å². The number of rotatable bonds is 14. The van der Waals surface area contributed by atoms with Crippen LogP contribution in [0, 0.1) is 0 Å². The molecule has 0 unspecified atom stereocenters. The minimum atomic E-state index is -0.722. The van der Waals surface area contributed by atoms with Gasteiger partial charge in [0.2, 0.25) is 0 Å². The number of imidazole rings is 1. The van der Waals surface area contributed by atoms with Crippen LogP contribution in [-0.4, -0.2) is 15.6 Å². The molecule has 0 saturated carbocycles. The Morgan fingerprint density at radius 3 is 2.35 bits per heavy atom. The van der Waals surface area contributed by atoms with Gasteiger partial charge in [0.05, 0.1) is 13.0 Å². The third-order valence-electron chi connectivity index (χ3n) is 4.41. The minimum Gasteiger partial charge on any atom is -0.481 e. The van der Waals surface area contributed by atoms with Gasteiger partial charge < -0.3 is 5.11 Å². The van der Waals surface area contributed by atoms with E-state index in [-0.39, 0.29) is 6.42 Å². The first kappa shape index (κ1) is 19.7. The van der Waals surface area contributed by atoms with Crippen molar-refractivity contribution >= 4 is 5.97 Å². The number of hydrogen-bond acceptors (Lipinski definition) is 1. The highest BCUT2D eigenvalue weighted by Crippen LogP contribution is 2.10. The molecule has 1 N–H and O–H groups in total. The Kier molecular flexibility index (Phi) is 10.4. The number of aliphatic carboxylic acids is 1. The van der Waals surface area contributed by atoms with Crippen molar-refractivity contribution in [2.75, 3.05) is 0 Å². The Morgan fingerprint density at radius 2 is 1.70 bits per heavy atom. The molecule has 0 aliphatic carbocycles. The van der Waals surface area contributed by atoms with Crippen LogP contribution in [0.2, 0.25) is 0 Å². The smallest absolute Gasteiger partial charge is 0.307 e. The molecule has 23 heavy (non-hydrogen) atoms. The molecule has 0 amide bonds. The zero-order valence-electron chi connectivity index (χ0n) is 15.1. The van der Waals surface area contributed by atoms with Gasteiger partial charge in [-0.3, -0.25) is 4.79 Å². The summed E-state index contributed by atoms with van der Waals surface area (Å²) in [5.74, 6) is 0.578. The van der Waals surface area contributed by atoms with E-state index in [0.29, 0.717) is 6.54 Å². The predicted molar refractivity (Wildman–Crippen MR) is 93.5 cm³/mol. The Bertz CT molecular complexity index is 441. The molecule has 1 rings (SSSR count). The number of carboxylic acid groups (broad SMARTS) is 1. The molecule has 4 nitrogen and oxygen atoms in total. The van der Waals surface area contributed by atoms with E-state index in [1.54, 1.807) is 0 Å². The van der Waals surface area contributed by atoms with Crippen LogP contribution in [0.15, 0.2) is 12.4 Å². The maximum atomic E-state index is 10.8. The average Bonchev–Trinajstić information content (AvgIpc) is 2.92. The lowest BCUT2D eigenvalue weighted by atomic mass is 10.1. The van der Waals surface area contributed by atoms with Gasteiger partial charge in [0.15, 0.2) is 0 Å².